The maximum absolute atomic E-state index is 10.6. The molecule has 1 heterocycles. The number of aromatic nitrogens is 2. The van der Waals surface area contributed by atoms with Crippen LogP contribution in [0.25, 0.3) is 10.9 Å². The molecule has 0 spiro atoms. The normalized spacial score (nSPS) is 10.6. The summed E-state index contributed by atoms with van der Waals surface area (Å²) >= 11 is 0. The molecule has 2 N–H and O–H groups in total. The SMILES string of the molecule is O=[N+]([O-])c1ccc(CNc2ccc3cn[nH]c3c2)cc1. The van der Waals surface area contributed by atoms with E-state index in [4.69, 9.17) is 0 Å². The lowest BCUT2D eigenvalue weighted by molar-refractivity contribution is -0.384. The topological polar surface area (TPSA) is 83.8 Å². The van der Waals surface area contributed by atoms with Crippen LogP contribution in [0.2, 0.25) is 0 Å². The number of hydrogen-bond acceptors (Lipinski definition) is 4. The molecule has 0 aliphatic rings. The van der Waals surface area contributed by atoms with E-state index in [9.17, 15) is 10.1 Å². The molecule has 0 atom stereocenters. The number of benzene rings is 2. The lowest BCUT2D eigenvalue weighted by atomic mass is 10.2. The van der Waals surface area contributed by atoms with Crippen molar-refractivity contribution in [3.05, 3.63) is 64.3 Å². The van der Waals surface area contributed by atoms with Gasteiger partial charge in [0.05, 0.1) is 16.6 Å². The summed E-state index contributed by atoms with van der Waals surface area (Å²) in [6.07, 6.45) is 1.77. The van der Waals surface area contributed by atoms with E-state index < -0.39 is 4.92 Å². The summed E-state index contributed by atoms with van der Waals surface area (Å²) in [4.78, 5) is 10.2. The highest BCUT2D eigenvalue weighted by Crippen LogP contribution is 2.18. The van der Waals surface area contributed by atoms with Crippen molar-refractivity contribution in [1.29, 1.82) is 0 Å². The molecule has 0 aliphatic carbocycles. The summed E-state index contributed by atoms with van der Waals surface area (Å²) in [7, 11) is 0. The first-order chi connectivity index (χ1) is 9.72. The third-order valence-electron chi connectivity index (χ3n) is 3.09. The quantitative estimate of drug-likeness (QED) is 0.562. The van der Waals surface area contributed by atoms with Gasteiger partial charge >= 0.3 is 0 Å². The number of non-ortho nitro benzene ring substituents is 1. The highest BCUT2D eigenvalue weighted by Gasteiger charge is 2.04. The second-order valence-electron chi connectivity index (χ2n) is 4.45. The summed E-state index contributed by atoms with van der Waals surface area (Å²) < 4.78 is 0. The first-order valence-electron chi connectivity index (χ1n) is 6.13. The van der Waals surface area contributed by atoms with E-state index in [0.717, 1.165) is 22.2 Å². The van der Waals surface area contributed by atoms with Crippen molar-refractivity contribution in [1.82, 2.24) is 10.2 Å². The van der Waals surface area contributed by atoms with Crippen LogP contribution in [0.1, 0.15) is 5.56 Å². The number of anilines is 1. The van der Waals surface area contributed by atoms with Crippen LogP contribution in [0, 0.1) is 10.1 Å². The Bertz CT molecular complexity index is 749. The lowest BCUT2D eigenvalue weighted by Crippen LogP contribution is -1.99. The molecule has 0 saturated carbocycles. The Morgan fingerprint density at radius 1 is 1.20 bits per heavy atom. The Kier molecular flexibility index (Phi) is 3.04. The number of rotatable bonds is 4. The fourth-order valence-corrected chi connectivity index (χ4v) is 1.99. The molecule has 6 nitrogen and oxygen atoms in total. The number of H-pyrrole nitrogens is 1. The Morgan fingerprint density at radius 2 is 2.00 bits per heavy atom. The van der Waals surface area contributed by atoms with Crippen LogP contribution in [-0.2, 0) is 6.54 Å². The van der Waals surface area contributed by atoms with E-state index >= 15 is 0 Å². The second-order valence-corrected chi connectivity index (χ2v) is 4.45. The van der Waals surface area contributed by atoms with Gasteiger partial charge in [0.25, 0.3) is 5.69 Å². The van der Waals surface area contributed by atoms with Crippen molar-refractivity contribution in [2.24, 2.45) is 0 Å². The largest absolute Gasteiger partial charge is 0.381 e. The fraction of sp³-hybridized carbons (Fsp3) is 0.0714. The minimum atomic E-state index is -0.399. The molecule has 0 aliphatic heterocycles. The molecule has 0 saturated heterocycles. The van der Waals surface area contributed by atoms with E-state index in [1.807, 2.05) is 18.2 Å². The first-order valence-corrected chi connectivity index (χ1v) is 6.13. The predicted octanol–water partition coefficient (Wildman–Crippen LogP) is 3.08. The molecule has 2 aromatic carbocycles. The molecule has 0 fully saturated rings. The fourth-order valence-electron chi connectivity index (χ4n) is 1.99. The second kappa shape index (κ2) is 5.00. The molecule has 0 radical (unpaired) electrons. The van der Waals surface area contributed by atoms with Crippen LogP contribution in [0.4, 0.5) is 11.4 Å². The van der Waals surface area contributed by atoms with E-state index in [-0.39, 0.29) is 5.69 Å². The lowest BCUT2D eigenvalue weighted by Gasteiger charge is -2.06. The zero-order chi connectivity index (χ0) is 13.9. The van der Waals surface area contributed by atoms with Gasteiger partial charge in [-0.05, 0) is 23.8 Å². The number of nitro benzene ring substituents is 1. The summed E-state index contributed by atoms with van der Waals surface area (Å²) in [6.45, 7) is 0.609. The van der Waals surface area contributed by atoms with Crippen LogP contribution >= 0.6 is 0 Å². The number of nitro groups is 1. The van der Waals surface area contributed by atoms with Crippen LogP contribution in [0.5, 0.6) is 0 Å². The van der Waals surface area contributed by atoms with Gasteiger partial charge in [-0.2, -0.15) is 5.10 Å². The van der Waals surface area contributed by atoms with E-state index in [0.29, 0.717) is 6.54 Å². The molecule has 1 aromatic heterocycles. The number of nitrogens with one attached hydrogen (secondary N) is 2. The van der Waals surface area contributed by atoms with Crippen molar-refractivity contribution in [2.75, 3.05) is 5.32 Å². The summed E-state index contributed by atoms with van der Waals surface area (Å²) in [5.41, 5.74) is 3.03. The Labute approximate surface area is 114 Å². The maximum Gasteiger partial charge on any atom is 0.269 e. The van der Waals surface area contributed by atoms with Gasteiger partial charge in [0.1, 0.15) is 0 Å². The van der Waals surface area contributed by atoms with Crippen molar-refractivity contribution >= 4 is 22.3 Å². The minimum Gasteiger partial charge on any atom is -0.381 e. The standard InChI is InChI=1S/C14H12N4O2/c19-18(20)13-5-1-10(2-6-13)8-15-12-4-3-11-9-16-17-14(11)7-12/h1-7,9,15H,8H2,(H,16,17). The molecule has 0 unspecified atom stereocenters. The van der Waals surface area contributed by atoms with Gasteiger partial charge in [-0.15, -0.1) is 0 Å². The zero-order valence-corrected chi connectivity index (χ0v) is 10.5. The number of nitrogens with zero attached hydrogens (tertiary/aromatic N) is 2. The Morgan fingerprint density at radius 3 is 2.75 bits per heavy atom. The predicted molar refractivity (Wildman–Crippen MR) is 76.5 cm³/mol. The van der Waals surface area contributed by atoms with Gasteiger partial charge in [-0.25, -0.2) is 0 Å². The van der Waals surface area contributed by atoms with Gasteiger partial charge in [0.15, 0.2) is 0 Å². The highest BCUT2D eigenvalue weighted by molar-refractivity contribution is 5.81. The van der Waals surface area contributed by atoms with Crippen molar-refractivity contribution in [3.8, 4) is 0 Å². The van der Waals surface area contributed by atoms with Crippen molar-refractivity contribution in [3.63, 3.8) is 0 Å². The monoisotopic (exact) mass is 268 g/mol. The number of fused-ring (bicyclic) bond motifs is 1. The van der Waals surface area contributed by atoms with Gasteiger partial charge in [0, 0.05) is 29.8 Å². The Hall–Kier alpha value is -2.89. The Balaban J connectivity index is 1.70. The molecule has 0 bridgehead atoms. The highest BCUT2D eigenvalue weighted by atomic mass is 16.6. The van der Waals surface area contributed by atoms with Gasteiger partial charge in [-0.3, -0.25) is 15.2 Å². The van der Waals surface area contributed by atoms with Crippen LogP contribution in [0.15, 0.2) is 48.7 Å². The molecule has 20 heavy (non-hydrogen) atoms. The molecule has 0 amide bonds. The zero-order valence-electron chi connectivity index (χ0n) is 10.5. The summed E-state index contributed by atoms with van der Waals surface area (Å²) in [6, 6.07) is 12.5. The number of hydrogen-bond donors (Lipinski definition) is 2. The molecule has 100 valence electrons. The molecular formula is C14H12N4O2. The van der Waals surface area contributed by atoms with Crippen LogP contribution in [0.3, 0.4) is 0 Å². The molecule has 3 rings (SSSR count). The van der Waals surface area contributed by atoms with Crippen molar-refractivity contribution in [2.45, 2.75) is 6.54 Å². The average molecular weight is 268 g/mol. The molecular weight excluding hydrogens is 256 g/mol. The third kappa shape index (κ3) is 2.44. The summed E-state index contributed by atoms with van der Waals surface area (Å²) in [5.74, 6) is 0. The number of aromatic amines is 1. The van der Waals surface area contributed by atoms with E-state index in [1.54, 1.807) is 18.3 Å². The average Bonchev–Trinajstić information content (AvgIpc) is 2.93. The maximum atomic E-state index is 10.6. The van der Waals surface area contributed by atoms with Gasteiger partial charge in [-0.1, -0.05) is 12.1 Å². The van der Waals surface area contributed by atoms with Crippen molar-refractivity contribution < 1.29 is 4.92 Å². The minimum absolute atomic E-state index is 0.104. The van der Waals surface area contributed by atoms with Crippen LogP contribution < -0.4 is 5.32 Å². The van der Waals surface area contributed by atoms with Gasteiger partial charge in [0.2, 0.25) is 0 Å². The molecule has 6 heteroatoms. The first kappa shape index (κ1) is 12.2. The summed E-state index contributed by atoms with van der Waals surface area (Å²) in [5, 5.41) is 21.8. The van der Waals surface area contributed by atoms with E-state index in [1.165, 1.54) is 12.1 Å². The van der Waals surface area contributed by atoms with E-state index in [2.05, 4.69) is 15.5 Å². The molecule has 3 aromatic rings. The third-order valence-corrected chi connectivity index (χ3v) is 3.09. The van der Waals surface area contributed by atoms with Gasteiger partial charge < -0.3 is 5.32 Å². The van der Waals surface area contributed by atoms with Crippen LogP contribution in [-0.4, -0.2) is 15.1 Å². The smallest absolute Gasteiger partial charge is 0.269 e.